The number of carbonyl (C=O) groups excluding carboxylic acids is 1. The van der Waals surface area contributed by atoms with Crippen LogP contribution in [0.2, 0.25) is 12.6 Å². The van der Waals surface area contributed by atoms with Crippen molar-refractivity contribution in [2.75, 3.05) is 5.88 Å². The lowest BCUT2D eigenvalue weighted by molar-refractivity contribution is -0.188. The third kappa shape index (κ3) is 8.38. The smallest absolute Gasteiger partial charge is 0.393 e. The minimum Gasteiger partial charge on any atom is -0.394 e. The molecule has 0 heterocycles. The lowest BCUT2D eigenvalue weighted by Crippen LogP contribution is -2.59. The van der Waals surface area contributed by atoms with Crippen LogP contribution in [0.5, 0.6) is 0 Å². The van der Waals surface area contributed by atoms with Crippen molar-refractivity contribution in [2.45, 2.75) is 65.5 Å². The molecule has 1 N–H and O–H groups in total. The molecule has 0 aromatic rings. The lowest BCUT2D eigenvalue weighted by Gasteiger charge is -2.41. The first-order chi connectivity index (χ1) is 9.71. The Balaban J connectivity index is 5.39. The second-order valence-corrected chi connectivity index (χ2v) is 9.29. The van der Waals surface area contributed by atoms with E-state index in [1.165, 1.54) is 0 Å². The summed E-state index contributed by atoms with van der Waals surface area (Å²) in [6, 6.07) is 0.667. The Kier molecular flexibility index (Phi) is 7.91. The number of amides is 1. The van der Waals surface area contributed by atoms with E-state index < -0.39 is 45.1 Å². The van der Waals surface area contributed by atoms with Gasteiger partial charge in [0.25, 0.3) is 0 Å². The molecule has 0 spiro atoms. The van der Waals surface area contributed by atoms with Crippen LogP contribution in [0, 0.1) is 11.3 Å². The van der Waals surface area contributed by atoms with Crippen LogP contribution < -0.4 is 5.32 Å². The molecule has 0 aliphatic carbocycles. The third-order valence-electron chi connectivity index (χ3n) is 3.00. The van der Waals surface area contributed by atoms with E-state index >= 15 is 0 Å². The second kappa shape index (κ2) is 8.01. The number of nitrogens with one attached hydrogen (secondary N) is 1. The van der Waals surface area contributed by atoms with Crippen LogP contribution >= 0.6 is 11.6 Å². The highest BCUT2D eigenvalue weighted by atomic mass is 35.5. The Hall–Kier alpha value is -0.273. The molecule has 0 aromatic carbocycles. The van der Waals surface area contributed by atoms with E-state index in [9.17, 15) is 18.0 Å². The SMILES string of the molecule is CC(C)C(CC(F)(F)F)(NC(=O)CCl)O[Si](C)CC(C)(C)C. The van der Waals surface area contributed by atoms with Gasteiger partial charge in [-0.15, -0.1) is 11.6 Å². The molecule has 0 saturated heterocycles. The summed E-state index contributed by atoms with van der Waals surface area (Å²) in [6.45, 7) is 11.0. The number of hydrogen-bond acceptors (Lipinski definition) is 2. The summed E-state index contributed by atoms with van der Waals surface area (Å²) in [7, 11) is -1.53. The molecule has 1 radical (unpaired) electrons. The van der Waals surface area contributed by atoms with Crippen LogP contribution in [0.4, 0.5) is 13.2 Å². The maximum atomic E-state index is 13.0. The molecule has 0 fully saturated rings. The zero-order chi connectivity index (χ0) is 17.8. The minimum atomic E-state index is -4.45. The summed E-state index contributed by atoms with van der Waals surface area (Å²) < 4.78 is 44.8. The Morgan fingerprint density at radius 3 is 2.09 bits per heavy atom. The molecule has 0 rings (SSSR count). The number of alkyl halides is 4. The fraction of sp³-hybridized carbons (Fsp3) is 0.929. The Labute approximate surface area is 137 Å². The molecule has 22 heavy (non-hydrogen) atoms. The van der Waals surface area contributed by atoms with Crippen LogP contribution in [0.1, 0.15) is 41.0 Å². The molecular formula is C14H26ClF3NO2Si. The van der Waals surface area contributed by atoms with Crippen LogP contribution in [0.25, 0.3) is 0 Å². The van der Waals surface area contributed by atoms with Crippen LogP contribution in [0.3, 0.4) is 0 Å². The highest BCUT2D eigenvalue weighted by molar-refractivity contribution is 6.50. The lowest BCUT2D eigenvalue weighted by atomic mass is 9.95. The molecule has 1 amide bonds. The van der Waals surface area contributed by atoms with Gasteiger partial charge in [0.2, 0.25) is 14.9 Å². The second-order valence-electron chi connectivity index (χ2n) is 7.06. The summed E-state index contributed by atoms with van der Waals surface area (Å²) >= 11 is 5.44. The fourth-order valence-corrected chi connectivity index (χ4v) is 4.85. The van der Waals surface area contributed by atoms with Crippen molar-refractivity contribution in [3.8, 4) is 0 Å². The molecule has 131 valence electrons. The van der Waals surface area contributed by atoms with Gasteiger partial charge in [-0.3, -0.25) is 4.79 Å². The van der Waals surface area contributed by atoms with E-state index in [4.69, 9.17) is 16.0 Å². The van der Waals surface area contributed by atoms with Gasteiger partial charge in [-0.2, -0.15) is 13.2 Å². The molecule has 0 aromatic heterocycles. The third-order valence-corrected chi connectivity index (χ3v) is 5.52. The van der Waals surface area contributed by atoms with E-state index in [2.05, 4.69) is 5.32 Å². The largest absolute Gasteiger partial charge is 0.394 e. The van der Waals surface area contributed by atoms with Gasteiger partial charge >= 0.3 is 6.18 Å². The van der Waals surface area contributed by atoms with Crippen LogP contribution in [0.15, 0.2) is 0 Å². The fourth-order valence-electron chi connectivity index (χ4n) is 2.23. The van der Waals surface area contributed by atoms with Crippen molar-refractivity contribution in [1.29, 1.82) is 0 Å². The van der Waals surface area contributed by atoms with Gasteiger partial charge in [-0.25, -0.2) is 0 Å². The number of carbonyl (C=O) groups is 1. The normalized spacial score (nSPS) is 16.0. The van der Waals surface area contributed by atoms with E-state index in [1.54, 1.807) is 13.8 Å². The Morgan fingerprint density at radius 2 is 1.77 bits per heavy atom. The van der Waals surface area contributed by atoms with Crippen molar-refractivity contribution in [2.24, 2.45) is 11.3 Å². The summed E-state index contributed by atoms with van der Waals surface area (Å²) in [5.41, 5.74) is -1.82. The molecular weight excluding hydrogens is 335 g/mol. The number of halogens is 4. The zero-order valence-corrected chi connectivity index (χ0v) is 15.8. The average Bonchev–Trinajstić information content (AvgIpc) is 2.22. The zero-order valence-electron chi connectivity index (χ0n) is 14.0. The number of hydrogen-bond donors (Lipinski definition) is 1. The quantitative estimate of drug-likeness (QED) is 0.417. The predicted molar refractivity (Wildman–Crippen MR) is 84.1 cm³/mol. The van der Waals surface area contributed by atoms with E-state index in [0.717, 1.165) is 0 Å². The van der Waals surface area contributed by atoms with Crippen molar-refractivity contribution in [3.05, 3.63) is 0 Å². The van der Waals surface area contributed by atoms with E-state index in [1.807, 2.05) is 27.3 Å². The average molecular weight is 361 g/mol. The maximum Gasteiger partial charge on any atom is 0.393 e. The van der Waals surface area contributed by atoms with Gasteiger partial charge in [0.05, 0.1) is 6.42 Å². The minimum absolute atomic E-state index is 0.0551. The van der Waals surface area contributed by atoms with Gasteiger partial charge < -0.3 is 9.74 Å². The van der Waals surface area contributed by atoms with Crippen molar-refractivity contribution in [1.82, 2.24) is 5.32 Å². The highest BCUT2D eigenvalue weighted by Gasteiger charge is 2.47. The summed E-state index contributed by atoms with van der Waals surface area (Å²) in [5, 5.41) is 2.37. The molecule has 1 atom stereocenters. The Morgan fingerprint density at radius 1 is 1.27 bits per heavy atom. The summed E-state index contributed by atoms with van der Waals surface area (Å²) in [5.74, 6) is -1.60. The standard InChI is InChI=1S/C14H26ClF3NO2Si/c1-10(2)13(8-14(16,17)18,19-11(20)7-15)21-22(6)9-12(3,4)5/h10H,7-9H2,1-6H3,(H,19,20). The van der Waals surface area contributed by atoms with Gasteiger partial charge in [0.1, 0.15) is 11.6 Å². The molecule has 3 nitrogen and oxygen atoms in total. The van der Waals surface area contributed by atoms with Gasteiger partial charge in [-0.1, -0.05) is 34.6 Å². The highest BCUT2D eigenvalue weighted by Crippen LogP contribution is 2.35. The van der Waals surface area contributed by atoms with E-state index in [0.29, 0.717) is 6.04 Å². The van der Waals surface area contributed by atoms with Crippen molar-refractivity contribution >= 4 is 26.5 Å². The van der Waals surface area contributed by atoms with Gasteiger partial charge in [0, 0.05) is 5.92 Å². The summed E-state index contributed by atoms with van der Waals surface area (Å²) in [6.07, 6.45) is -5.68. The molecule has 0 saturated carbocycles. The molecule has 0 aliphatic heterocycles. The van der Waals surface area contributed by atoms with Gasteiger partial charge in [0.15, 0.2) is 0 Å². The Bertz CT molecular complexity index is 372. The molecule has 1 unspecified atom stereocenters. The van der Waals surface area contributed by atoms with Crippen LogP contribution in [-0.4, -0.2) is 32.7 Å². The van der Waals surface area contributed by atoms with Crippen molar-refractivity contribution in [3.63, 3.8) is 0 Å². The molecule has 0 aliphatic rings. The molecule has 0 bridgehead atoms. The van der Waals surface area contributed by atoms with Crippen LogP contribution in [-0.2, 0) is 9.22 Å². The topological polar surface area (TPSA) is 38.3 Å². The van der Waals surface area contributed by atoms with Crippen molar-refractivity contribution < 1.29 is 22.4 Å². The summed E-state index contributed by atoms with van der Waals surface area (Å²) in [4.78, 5) is 11.6. The first-order valence-corrected chi connectivity index (χ1v) is 9.81. The predicted octanol–water partition coefficient (Wildman–Crippen LogP) is 4.33. The monoisotopic (exact) mass is 360 g/mol. The molecule has 8 heteroatoms. The first kappa shape index (κ1) is 21.7. The van der Waals surface area contributed by atoms with E-state index in [-0.39, 0.29) is 5.41 Å². The number of rotatable bonds is 7. The van der Waals surface area contributed by atoms with Gasteiger partial charge in [-0.05, 0) is 18.0 Å². The maximum absolute atomic E-state index is 13.0. The first-order valence-electron chi connectivity index (χ1n) is 7.16.